The molecule has 1 atom stereocenters. The fraction of sp³-hybridized carbons (Fsp3) is 0.611. The summed E-state index contributed by atoms with van der Waals surface area (Å²) in [5.74, 6) is 2.18. The van der Waals surface area contributed by atoms with Gasteiger partial charge < -0.3 is 19.7 Å². The van der Waals surface area contributed by atoms with Crippen molar-refractivity contribution in [2.45, 2.75) is 40.2 Å². The Hall–Kier alpha value is -1.91. The number of hydrogen-bond donors (Lipinski definition) is 1. The minimum absolute atomic E-state index is 0.125. The van der Waals surface area contributed by atoms with Gasteiger partial charge in [0.25, 0.3) is 0 Å². The van der Waals surface area contributed by atoms with Crippen molar-refractivity contribution in [2.75, 3.05) is 31.0 Å². The van der Waals surface area contributed by atoms with E-state index in [9.17, 15) is 4.79 Å². The number of ether oxygens (including phenoxy) is 2. The predicted molar refractivity (Wildman–Crippen MR) is 93.6 cm³/mol. The molecule has 1 N–H and O–H groups in total. The van der Waals surface area contributed by atoms with E-state index in [0.29, 0.717) is 24.0 Å². The summed E-state index contributed by atoms with van der Waals surface area (Å²) in [6, 6.07) is 3.58. The third-order valence-electron chi connectivity index (χ3n) is 4.23. The van der Waals surface area contributed by atoms with Crippen LogP contribution in [0.3, 0.4) is 0 Å². The number of methoxy groups -OCH3 is 2. The summed E-state index contributed by atoms with van der Waals surface area (Å²) in [4.78, 5) is 14.8. The van der Waals surface area contributed by atoms with Gasteiger partial charge in [-0.2, -0.15) is 0 Å². The maximum atomic E-state index is 12.9. The van der Waals surface area contributed by atoms with Crippen LogP contribution in [0.15, 0.2) is 12.1 Å². The van der Waals surface area contributed by atoms with Crippen LogP contribution in [0.2, 0.25) is 0 Å². The van der Waals surface area contributed by atoms with Crippen molar-refractivity contribution in [1.82, 2.24) is 0 Å². The highest BCUT2D eigenvalue weighted by molar-refractivity contribution is 6.05. The number of nitrogens with zero attached hydrogens (tertiary/aromatic N) is 1. The van der Waals surface area contributed by atoms with Gasteiger partial charge in [-0.25, -0.2) is 0 Å². The second-order valence-corrected chi connectivity index (χ2v) is 6.76. The molecule has 0 radical (unpaired) electrons. The number of carbonyl (C=O) groups excluding carboxylic acids is 1. The molecule has 0 saturated carbocycles. The van der Waals surface area contributed by atoms with Gasteiger partial charge in [0.05, 0.1) is 25.6 Å². The van der Waals surface area contributed by atoms with Crippen molar-refractivity contribution >= 4 is 17.3 Å². The van der Waals surface area contributed by atoms with Gasteiger partial charge in [-0.05, 0) is 18.3 Å². The van der Waals surface area contributed by atoms with E-state index >= 15 is 0 Å². The molecule has 1 heterocycles. The van der Waals surface area contributed by atoms with Crippen LogP contribution >= 0.6 is 0 Å². The Morgan fingerprint density at radius 1 is 1.13 bits per heavy atom. The van der Waals surface area contributed by atoms with Crippen LogP contribution in [0.25, 0.3) is 0 Å². The third kappa shape index (κ3) is 3.54. The molecule has 1 unspecified atom stereocenters. The summed E-state index contributed by atoms with van der Waals surface area (Å²) in [5.41, 5.74) is 1.79. The van der Waals surface area contributed by atoms with Crippen LogP contribution < -0.4 is 19.7 Å². The summed E-state index contributed by atoms with van der Waals surface area (Å²) in [7, 11) is 3.23. The maximum absolute atomic E-state index is 12.9. The molecular weight excluding hydrogens is 292 g/mol. The second kappa shape index (κ2) is 7.11. The van der Waals surface area contributed by atoms with E-state index in [4.69, 9.17) is 9.47 Å². The number of carbonyl (C=O) groups is 1. The van der Waals surface area contributed by atoms with Crippen LogP contribution in [0.4, 0.5) is 11.4 Å². The van der Waals surface area contributed by atoms with E-state index in [1.54, 1.807) is 14.2 Å². The Morgan fingerprint density at radius 3 is 2.26 bits per heavy atom. The van der Waals surface area contributed by atoms with E-state index < -0.39 is 0 Å². The number of rotatable bonds is 6. The van der Waals surface area contributed by atoms with Gasteiger partial charge in [-0.15, -0.1) is 0 Å². The largest absolute Gasteiger partial charge is 0.493 e. The molecular formula is C18H28N2O3. The van der Waals surface area contributed by atoms with Crippen molar-refractivity contribution < 1.29 is 14.3 Å². The highest BCUT2D eigenvalue weighted by Crippen LogP contribution is 2.41. The molecule has 5 nitrogen and oxygen atoms in total. The molecule has 128 valence electrons. The molecule has 0 aliphatic carbocycles. The average Bonchev–Trinajstić information content (AvgIpc) is 2.51. The zero-order valence-corrected chi connectivity index (χ0v) is 15.0. The fourth-order valence-corrected chi connectivity index (χ4v) is 2.79. The Morgan fingerprint density at radius 2 is 1.74 bits per heavy atom. The van der Waals surface area contributed by atoms with Gasteiger partial charge in [-0.1, -0.05) is 27.7 Å². The minimum atomic E-state index is -0.215. The first-order chi connectivity index (χ1) is 10.9. The van der Waals surface area contributed by atoms with Crippen molar-refractivity contribution in [1.29, 1.82) is 0 Å². The molecule has 1 aliphatic rings. The van der Waals surface area contributed by atoms with Gasteiger partial charge in [0.2, 0.25) is 5.91 Å². The second-order valence-electron chi connectivity index (χ2n) is 6.76. The topological polar surface area (TPSA) is 50.8 Å². The lowest BCUT2D eigenvalue weighted by Gasteiger charge is -2.37. The van der Waals surface area contributed by atoms with Gasteiger partial charge >= 0.3 is 0 Å². The van der Waals surface area contributed by atoms with Crippen molar-refractivity contribution in [3.05, 3.63) is 12.1 Å². The lowest BCUT2D eigenvalue weighted by Crippen LogP contribution is -2.50. The van der Waals surface area contributed by atoms with E-state index in [2.05, 4.69) is 33.0 Å². The number of fused-ring (bicyclic) bond motifs is 1. The van der Waals surface area contributed by atoms with Gasteiger partial charge in [0, 0.05) is 18.7 Å². The normalized spacial score (nSPS) is 17.3. The molecule has 0 spiro atoms. The molecule has 1 aliphatic heterocycles. The van der Waals surface area contributed by atoms with Crippen LogP contribution in [0.1, 0.15) is 34.1 Å². The van der Waals surface area contributed by atoms with Crippen molar-refractivity contribution in [3.63, 3.8) is 0 Å². The van der Waals surface area contributed by atoms with Crippen molar-refractivity contribution in [2.24, 2.45) is 11.8 Å². The van der Waals surface area contributed by atoms with Gasteiger partial charge in [0.1, 0.15) is 6.04 Å². The monoisotopic (exact) mass is 320 g/mol. The number of amides is 1. The molecule has 1 amide bonds. The van der Waals surface area contributed by atoms with Crippen molar-refractivity contribution in [3.8, 4) is 11.5 Å². The van der Waals surface area contributed by atoms with E-state index in [0.717, 1.165) is 17.8 Å². The highest BCUT2D eigenvalue weighted by atomic mass is 16.5. The van der Waals surface area contributed by atoms with Crippen LogP contribution in [0.5, 0.6) is 11.5 Å². The first kappa shape index (κ1) is 17.4. The van der Waals surface area contributed by atoms with Gasteiger partial charge in [-0.3, -0.25) is 4.79 Å². The zero-order valence-electron chi connectivity index (χ0n) is 15.0. The first-order valence-corrected chi connectivity index (χ1v) is 8.23. The molecule has 1 aromatic rings. The Kier molecular flexibility index (Phi) is 5.39. The average molecular weight is 320 g/mol. The third-order valence-corrected chi connectivity index (χ3v) is 4.23. The number of anilines is 2. The van der Waals surface area contributed by atoms with E-state index in [1.807, 2.05) is 17.0 Å². The molecule has 0 aromatic heterocycles. The standard InChI is InChI=1S/C18H28N2O3/c1-11(2)7-8-20-14-10-16(23-6)15(22-5)9-13(14)19-17(12(3)4)18(20)21/h9-12,17,19H,7-8H2,1-6H3. The number of hydrogen-bond acceptors (Lipinski definition) is 4. The van der Waals surface area contributed by atoms with Crippen LogP contribution in [0, 0.1) is 11.8 Å². The fourth-order valence-electron chi connectivity index (χ4n) is 2.79. The molecule has 0 fully saturated rings. The minimum Gasteiger partial charge on any atom is -0.493 e. The molecule has 1 aromatic carbocycles. The SMILES string of the molecule is COc1cc2c(cc1OC)N(CCC(C)C)C(=O)C(C(C)C)N2. The predicted octanol–water partition coefficient (Wildman–Crippen LogP) is 3.53. The highest BCUT2D eigenvalue weighted by Gasteiger charge is 2.35. The van der Waals surface area contributed by atoms with Crippen LogP contribution in [-0.4, -0.2) is 32.7 Å². The first-order valence-electron chi connectivity index (χ1n) is 8.23. The Balaban J connectivity index is 2.46. The smallest absolute Gasteiger partial charge is 0.249 e. The Bertz CT molecular complexity index is 570. The molecule has 5 heteroatoms. The maximum Gasteiger partial charge on any atom is 0.249 e. The molecule has 23 heavy (non-hydrogen) atoms. The van der Waals surface area contributed by atoms with Crippen LogP contribution in [-0.2, 0) is 4.79 Å². The molecule has 2 rings (SSSR count). The Labute approximate surface area is 139 Å². The molecule has 0 saturated heterocycles. The number of nitrogens with one attached hydrogen (secondary N) is 1. The lowest BCUT2D eigenvalue weighted by atomic mass is 9.98. The lowest BCUT2D eigenvalue weighted by molar-refractivity contribution is -0.120. The summed E-state index contributed by atoms with van der Waals surface area (Å²) in [6.45, 7) is 9.16. The number of benzene rings is 1. The van der Waals surface area contributed by atoms with E-state index in [1.165, 1.54) is 0 Å². The molecule has 0 bridgehead atoms. The summed E-state index contributed by atoms with van der Waals surface area (Å²) >= 11 is 0. The summed E-state index contributed by atoms with van der Waals surface area (Å²) in [6.07, 6.45) is 0.963. The summed E-state index contributed by atoms with van der Waals surface area (Å²) in [5, 5.41) is 3.36. The zero-order chi connectivity index (χ0) is 17.1. The summed E-state index contributed by atoms with van der Waals surface area (Å²) < 4.78 is 10.8. The van der Waals surface area contributed by atoms with E-state index in [-0.39, 0.29) is 17.9 Å². The quantitative estimate of drug-likeness (QED) is 0.871. The van der Waals surface area contributed by atoms with Gasteiger partial charge in [0.15, 0.2) is 11.5 Å².